The van der Waals surface area contributed by atoms with Gasteiger partial charge in [-0.25, -0.2) is 0 Å². The molecule has 1 saturated heterocycles. The fourth-order valence-electron chi connectivity index (χ4n) is 1.81. The van der Waals surface area contributed by atoms with Crippen LogP contribution in [0.4, 0.5) is 0 Å². The molecule has 0 radical (unpaired) electrons. The molecule has 0 bridgehead atoms. The van der Waals surface area contributed by atoms with Gasteiger partial charge < -0.3 is 5.32 Å². The van der Waals surface area contributed by atoms with Crippen molar-refractivity contribution in [3.63, 3.8) is 0 Å². The fraction of sp³-hybridized carbons (Fsp3) is 0.750. The zero-order valence-electron chi connectivity index (χ0n) is 6.26. The number of nitriles is 1. The number of hydrogen-bond acceptors (Lipinski definition) is 2. The molecule has 1 saturated carbocycles. The number of carbonyl (C=O) groups is 1. The van der Waals surface area contributed by atoms with Crippen LogP contribution in [0.5, 0.6) is 0 Å². The van der Waals surface area contributed by atoms with E-state index in [9.17, 15) is 4.79 Å². The number of carbonyl (C=O) groups excluding carboxylic acids is 1. The third-order valence-corrected chi connectivity index (χ3v) is 2.68. The van der Waals surface area contributed by atoms with Gasteiger partial charge in [0.15, 0.2) is 0 Å². The Morgan fingerprint density at radius 2 is 2.36 bits per heavy atom. The molecule has 1 aliphatic heterocycles. The predicted molar refractivity (Wildman–Crippen MR) is 38.4 cm³/mol. The van der Waals surface area contributed by atoms with Gasteiger partial charge in [-0.2, -0.15) is 5.26 Å². The highest BCUT2D eigenvalue weighted by molar-refractivity contribution is 5.88. The van der Waals surface area contributed by atoms with Crippen LogP contribution >= 0.6 is 0 Å². The summed E-state index contributed by atoms with van der Waals surface area (Å²) in [6, 6.07) is 2.18. The van der Waals surface area contributed by atoms with Gasteiger partial charge in [0.2, 0.25) is 5.91 Å². The van der Waals surface area contributed by atoms with Crippen molar-refractivity contribution in [3.8, 4) is 6.07 Å². The summed E-state index contributed by atoms with van der Waals surface area (Å²) in [7, 11) is 0. The highest BCUT2D eigenvalue weighted by Crippen LogP contribution is 2.49. The van der Waals surface area contributed by atoms with Crippen molar-refractivity contribution in [1.29, 1.82) is 5.26 Å². The first kappa shape index (κ1) is 6.66. The topological polar surface area (TPSA) is 52.9 Å². The second-order valence-electron chi connectivity index (χ2n) is 3.36. The Labute approximate surface area is 65.4 Å². The Kier molecular flexibility index (Phi) is 1.19. The van der Waals surface area contributed by atoms with E-state index in [1.165, 1.54) is 0 Å². The summed E-state index contributed by atoms with van der Waals surface area (Å²) in [5.74, 6) is 0.317. The molecule has 1 amide bonds. The van der Waals surface area contributed by atoms with E-state index in [1.54, 1.807) is 0 Å². The minimum Gasteiger partial charge on any atom is -0.355 e. The lowest BCUT2D eigenvalue weighted by molar-refractivity contribution is -0.125. The maximum atomic E-state index is 11.3. The zero-order valence-corrected chi connectivity index (χ0v) is 6.26. The standard InChI is InChI=1S/C8H10N2O/c9-5-8(6-1-2-6)3-4-10-7(8)11/h6H,1-4H2,(H,10,11). The summed E-state index contributed by atoms with van der Waals surface area (Å²) in [4.78, 5) is 11.3. The van der Waals surface area contributed by atoms with Crippen molar-refractivity contribution in [3.05, 3.63) is 0 Å². The largest absolute Gasteiger partial charge is 0.355 e. The first-order valence-corrected chi connectivity index (χ1v) is 3.99. The van der Waals surface area contributed by atoms with E-state index in [0.717, 1.165) is 12.8 Å². The molecule has 0 spiro atoms. The number of nitrogens with one attached hydrogen (secondary N) is 1. The highest BCUT2D eigenvalue weighted by atomic mass is 16.2. The van der Waals surface area contributed by atoms with Crippen molar-refractivity contribution in [2.24, 2.45) is 11.3 Å². The zero-order chi connectivity index (χ0) is 7.90. The van der Waals surface area contributed by atoms with Crippen LogP contribution in [-0.4, -0.2) is 12.5 Å². The molecule has 1 aliphatic carbocycles. The fourth-order valence-corrected chi connectivity index (χ4v) is 1.81. The molecular weight excluding hydrogens is 140 g/mol. The summed E-state index contributed by atoms with van der Waals surface area (Å²) in [5.41, 5.74) is -0.639. The molecule has 1 unspecified atom stereocenters. The summed E-state index contributed by atoms with van der Waals surface area (Å²) >= 11 is 0. The molecule has 0 aromatic heterocycles. The predicted octanol–water partition coefficient (Wildman–Crippen LogP) is 0.426. The Bertz CT molecular complexity index is 239. The van der Waals surface area contributed by atoms with Gasteiger partial charge in [0.1, 0.15) is 5.41 Å². The van der Waals surface area contributed by atoms with Gasteiger partial charge in [-0.3, -0.25) is 4.79 Å². The smallest absolute Gasteiger partial charge is 0.240 e. The molecule has 0 aromatic rings. The SMILES string of the molecule is N#CC1(C2CC2)CCNC1=O. The van der Waals surface area contributed by atoms with Crippen molar-refractivity contribution in [2.45, 2.75) is 19.3 Å². The third-order valence-electron chi connectivity index (χ3n) is 2.68. The molecule has 58 valence electrons. The highest BCUT2D eigenvalue weighted by Gasteiger charge is 2.53. The second kappa shape index (κ2) is 1.97. The van der Waals surface area contributed by atoms with E-state index in [0.29, 0.717) is 18.9 Å². The summed E-state index contributed by atoms with van der Waals surface area (Å²) in [6.07, 6.45) is 2.83. The molecule has 3 heteroatoms. The Balaban J connectivity index is 2.28. The van der Waals surface area contributed by atoms with E-state index in [-0.39, 0.29) is 5.91 Å². The molecular formula is C8H10N2O. The second-order valence-corrected chi connectivity index (χ2v) is 3.36. The van der Waals surface area contributed by atoms with Crippen molar-refractivity contribution in [1.82, 2.24) is 5.32 Å². The number of nitrogens with zero attached hydrogens (tertiary/aromatic N) is 1. The van der Waals surface area contributed by atoms with Crippen molar-refractivity contribution in [2.75, 3.05) is 6.54 Å². The van der Waals surface area contributed by atoms with Crippen LogP contribution in [0.15, 0.2) is 0 Å². The summed E-state index contributed by atoms with van der Waals surface area (Å²) in [6.45, 7) is 0.683. The minimum absolute atomic E-state index is 0.0394. The first-order valence-electron chi connectivity index (χ1n) is 3.99. The maximum Gasteiger partial charge on any atom is 0.240 e. The van der Waals surface area contributed by atoms with Crippen LogP contribution in [0.1, 0.15) is 19.3 Å². The third kappa shape index (κ3) is 0.756. The quantitative estimate of drug-likeness (QED) is 0.589. The van der Waals surface area contributed by atoms with E-state index in [2.05, 4.69) is 11.4 Å². The first-order chi connectivity index (χ1) is 5.29. The summed E-state index contributed by atoms with van der Waals surface area (Å²) < 4.78 is 0. The van der Waals surface area contributed by atoms with Gasteiger partial charge in [0, 0.05) is 6.54 Å². The monoisotopic (exact) mass is 150 g/mol. The molecule has 1 atom stereocenters. The van der Waals surface area contributed by atoms with Crippen LogP contribution in [0.3, 0.4) is 0 Å². The number of hydrogen-bond donors (Lipinski definition) is 1. The molecule has 11 heavy (non-hydrogen) atoms. The van der Waals surface area contributed by atoms with Gasteiger partial charge in [-0.05, 0) is 25.2 Å². The van der Waals surface area contributed by atoms with Crippen LogP contribution in [0.25, 0.3) is 0 Å². The van der Waals surface area contributed by atoms with Crippen LogP contribution < -0.4 is 5.32 Å². The minimum atomic E-state index is -0.639. The van der Waals surface area contributed by atoms with Gasteiger partial charge >= 0.3 is 0 Å². The Hall–Kier alpha value is -1.04. The Morgan fingerprint density at radius 3 is 2.73 bits per heavy atom. The molecule has 2 aliphatic rings. The number of amides is 1. The lowest BCUT2D eigenvalue weighted by atomic mass is 9.83. The van der Waals surface area contributed by atoms with Crippen LogP contribution in [0, 0.1) is 22.7 Å². The van der Waals surface area contributed by atoms with Gasteiger partial charge in [-0.1, -0.05) is 0 Å². The molecule has 2 rings (SSSR count). The van der Waals surface area contributed by atoms with Crippen LogP contribution in [-0.2, 0) is 4.79 Å². The van der Waals surface area contributed by atoms with Gasteiger partial charge in [-0.15, -0.1) is 0 Å². The average Bonchev–Trinajstić information content (AvgIpc) is 2.78. The van der Waals surface area contributed by atoms with E-state index >= 15 is 0 Å². The van der Waals surface area contributed by atoms with E-state index < -0.39 is 5.41 Å². The van der Waals surface area contributed by atoms with Gasteiger partial charge in [0.05, 0.1) is 6.07 Å². The van der Waals surface area contributed by atoms with Crippen LogP contribution in [0.2, 0.25) is 0 Å². The molecule has 2 fully saturated rings. The van der Waals surface area contributed by atoms with Crippen molar-refractivity contribution >= 4 is 5.91 Å². The van der Waals surface area contributed by atoms with E-state index in [4.69, 9.17) is 5.26 Å². The molecule has 1 heterocycles. The lowest BCUT2D eigenvalue weighted by Crippen LogP contribution is -2.31. The van der Waals surface area contributed by atoms with Crippen molar-refractivity contribution < 1.29 is 4.79 Å². The summed E-state index contributed by atoms with van der Waals surface area (Å²) in [5, 5.41) is 11.6. The number of rotatable bonds is 1. The van der Waals surface area contributed by atoms with E-state index in [1.807, 2.05) is 0 Å². The normalized spacial score (nSPS) is 36.5. The molecule has 1 N–H and O–H groups in total. The molecule has 0 aromatic carbocycles. The van der Waals surface area contributed by atoms with Gasteiger partial charge in [0.25, 0.3) is 0 Å². The lowest BCUT2D eigenvalue weighted by Gasteiger charge is -2.14. The maximum absolute atomic E-state index is 11.3. The average molecular weight is 150 g/mol. The Morgan fingerprint density at radius 1 is 1.64 bits per heavy atom. The molecule has 3 nitrogen and oxygen atoms in total.